The Morgan fingerprint density at radius 2 is 2.16 bits per heavy atom. The Morgan fingerprint density at radius 1 is 1.42 bits per heavy atom. The Hall–Kier alpha value is -1.68. The predicted molar refractivity (Wildman–Crippen MR) is 74.3 cm³/mol. The van der Waals surface area contributed by atoms with Gasteiger partial charge in [0.1, 0.15) is 0 Å². The van der Waals surface area contributed by atoms with Gasteiger partial charge in [0.05, 0.1) is 12.6 Å². The van der Waals surface area contributed by atoms with E-state index in [2.05, 4.69) is 5.32 Å². The van der Waals surface area contributed by atoms with Gasteiger partial charge in [-0.1, -0.05) is 23.8 Å². The summed E-state index contributed by atoms with van der Waals surface area (Å²) in [5.74, 6) is 0.0822. The minimum absolute atomic E-state index is 0.000298. The van der Waals surface area contributed by atoms with Crippen molar-refractivity contribution in [2.45, 2.75) is 26.8 Å². The van der Waals surface area contributed by atoms with Gasteiger partial charge in [0.2, 0.25) is 5.91 Å². The highest BCUT2D eigenvalue weighted by atomic mass is 16.2. The summed E-state index contributed by atoms with van der Waals surface area (Å²) in [5, 5.41) is 2.80. The molecule has 0 saturated carbocycles. The smallest absolute Gasteiger partial charge is 0.237 e. The van der Waals surface area contributed by atoms with E-state index in [1.807, 2.05) is 43.9 Å². The van der Waals surface area contributed by atoms with Crippen LogP contribution in [0.15, 0.2) is 18.2 Å². The molecule has 1 aromatic rings. The zero-order chi connectivity index (χ0) is 14.0. The zero-order valence-electron chi connectivity index (χ0n) is 11.7. The predicted octanol–water partition coefficient (Wildman–Crippen LogP) is 1.31. The van der Waals surface area contributed by atoms with Crippen LogP contribution in [-0.2, 0) is 4.79 Å². The van der Waals surface area contributed by atoms with Gasteiger partial charge in [-0.15, -0.1) is 0 Å². The van der Waals surface area contributed by atoms with Crippen LogP contribution in [0.3, 0.4) is 0 Å². The van der Waals surface area contributed by atoms with E-state index >= 15 is 0 Å². The van der Waals surface area contributed by atoms with Crippen molar-refractivity contribution in [1.82, 2.24) is 10.2 Å². The molecule has 2 rings (SSSR count). The van der Waals surface area contributed by atoms with Crippen molar-refractivity contribution in [3.8, 4) is 0 Å². The second kappa shape index (κ2) is 5.53. The van der Waals surface area contributed by atoms with Gasteiger partial charge in [0, 0.05) is 18.7 Å². The van der Waals surface area contributed by atoms with Crippen molar-refractivity contribution in [2.75, 3.05) is 19.6 Å². The number of rotatable bonds is 3. The summed E-state index contributed by atoms with van der Waals surface area (Å²) < 4.78 is 0. The Labute approximate surface area is 113 Å². The molecule has 4 nitrogen and oxygen atoms in total. The lowest BCUT2D eigenvalue weighted by molar-refractivity contribution is -0.127. The molecule has 1 heterocycles. The monoisotopic (exact) mass is 260 g/mol. The summed E-state index contributed by atoms with van der Waals surface area (Å²) in [5.41, 5.74) is 2.91. The summed E-state index contributed by atoms with van der Waals surface area (Å²) >= 11 is 0. The first-order valence-electron chi connectivity index (χ1n) is 6.61. The first-order valence-corrected chi connectivity index (χ1v) is 6.61. The normalized spacial score (nSPS) is 20.2. The summed E-state index contributed by atoms with van der Waals surface area (Å²) in [7, 11) is 0. The quantitative estimate of drug-likeness (QED) is 0.834. The number of carbonyl (C=O) groups is 2. The Kier molecular flexibility index (Phi) is 4.00. The molecule has 1 aromatic carbocycles. The maximum absolute atomic E-state index is 12.3. The highest BCUT2D eigenvalue weighted by Gasteiger charge is 2.27. The third-order valence-corrected chi connectivity index (χ3v) is 3.65. The molecule has 4 heteroatoms. The number of nitrogens with one attached hydrogen (secondary N) is 1. The summed E-state index contributed by atoms with van der Waals surface area (Å²) in [4.78, 5) is 25.8. The van der Waals surface area contributed by atoms with E-state index in [0.717, 1.165) is 23.2 Å². The first kappa shape index (κ1) is 13.7. The molecule has 1 aliphatic heterocycles. The molecule has 0 aromatic heterocycles. The van der Waals surface area contributed by atoms with Crippen molar-refractivity contribution in [3.05, 3.63) is 34.9 Å². The van der Waals surface area contributed by atoms with Crippen molar-refractivity contribution < 1.29 is 9.59 Å². The molecular formula is C15H20N2O2. The molecule has 0 bridgehead atoms. The molecule has 1 aliphatic rings. The average Bonchev–Trinajstić information content (AvgIpc) is 2.34. The fourth-order valence-corrected chi connectivity index (χ4v) is 2.44. The number of hydrogen-bond acceptors (Lipinski definition) is 3. The molecular weight excluding hydrogens is 240 g/mol. The maximum Gasteiger partial charge on any atom is 0.237 e. The molecule has 102 valence electrons. The van der Waals surface area contributed by atoms with Gasteiger partial charge < -0.3 is 5.32 Å². The topological polar surface area (TPSA) is 49.4 Å². The second-order valence-corrected chi connectivity index (χ2v) is 5.18. The van der Waals surface area contributed by atoms with E-state index in [9.17, 15) is 9.59 Å². The van der Waals surface area contributed by atoms with E-state index in [4.69, 9.17) is 0 Å². The van der Waals surface area contributed by atoms with Crippen molar-refractivity contribution in [3.63, 3.8) is 0 Å². The van der Waals surface area contributed by atoms with Gasteiger partial charge in [-0.2, -0.15) is 0 Å². The number of nitrogens with zero attached hydrogens (tertiary/aromatic N) is 1. The molecule has 19 heavy (non-hydrogen) atoms. The van der Waals surface area contributed by atoms with Gasteiger partial charge in [-0.3, -0.25) is 14.5 Å². The summed E-state index contributed by atoms with van der Waals surface area (Å²) in [6, 6.07) is 5.61. The largest absolute Gasteiger partial charge is 0.353 e. The van der Waals surface area contributed by atoms with Crippen LogP contribution >= 0.6 is 0 Å². The van der Waals surface area contributed by atoms with Crippen LogP contribution < -0.4 is 5.32 Å². The van der Waals surface area contributed by atoms with Gasteiger partial charge in [0.15, 0.2) is 5.78 Å². The number of carbonyl (C=O) groups excluding carboxylic acids is 2. The Balaban J connectivity index is 2.10. The van der Waals surface area contributed by atoms with E-state index in [1.54, 1.807) is 0 Å². The zero-order valence-corrected chi connectivity index (χ0v) is 11.7. The number of amides is 1. The van der Waals surface area contributed by atoms with Gasteiger partial charge in [0.25, 0.3) is 0 Å². The molecule has 0 spiro atoms. The molecule has 1 amide bonds. The lowest BCUT2D eigenvalue weighted by Crippen LogP contribution is -2.55. The highest BCUT2D eigenvalue weighted by molar-refractivity contribution is 5.99. The average molecular weight is 260 g/mol. The van der Waals surface area contributed by atoms with Crippen molar-refractivity contribution >= 4 is 11.7 Å². The molecule has 0 radical (unpaired) electrons. The number of piperazine rings is 1. The molecule has 1 atom stereocenters. The SMILES string of the molecule is Cc1ccc(C(=O)CN2CCNC(=O)C2C)c(C)c1. The van der Waals surface area contributed by atoms with E-state index in [-0.39, 0.29) is 17.7 Å². The van der Waals surface area contributed by atoms with Crippen LogP contribution in [0.2, 0.25) is 0 Å². The minimum atomic E-state index is -0.233. The number of benzene rings is 1. The number of ketones is 1. The Morgan fingerprint density at radius 3 is 2.84 bits per heavy atom. The minimum Gasteiger partial charge on any atom is -0.353 e. The molecule has 1 N–H and O–H groups in total. The van der Waals surface area contributed by atoms with E-state index in [0.29, 0.717) is 13.1 Å². The molecule has 0 aliphatic carbocycles. The van der Waals surface area contributed by atoms with Crippen LogP contribution in [0, 0.1) is 13.8 Å². The third-order valence-electron chi connectivity index (χ3n) is 3.65. The molecule has 1 unspecified atom stereocenters. The van der Waals surface area contributed by atoms with Crippen LogP contribution in [0.4, 0.5) is 0 Å². The van der Waals surface area contributed by atoms with Gasteiger partial charge in [-0.05, 0) is 26.3 Å². The van der Waals surface area contributed by atoms with Crippen LogP contribution in [-0.4, -0.2) is 42.3 Å². The lowest BCUT2D eigenvalue weighted by atomic mass is 10.0. The standard InChI is InChI=1S/C15H20N2O2/c1-10-4-5-13(11(2)8-10)14(18)9-17-7-6-16-15(19)12(17)3/h4-5,8,12H,6-7,9H2,1-3H3,(H,16,19). The number of Topliss-reactive ketones (excluding diaryl/α,β-unsaturated/α-hetero) is 1. The van der Waals surface area contributed by atoms with E-state index in [1.165, 1.54) is 0 Å². The van der Waals surface area contributed by atoms with Crippen LogP contribution in [0.25, 0.3) is 0 Å². The number of aryl methyl sites for hydroxylation is 2. The van der Waals surface area contributed by atoms with Gasteiger partial charge >= 0.3 is 0 Å². The van der Waals surface area contributed by atoms with E-state index < -0.39 is 0 Å². The maximum atomic E-state index is 12.3. The van der Waals surface area contributed by atoms with Crippen LogP contribution in [0.5, 0.6) is 0 Å². The molecule has 1 saturated heterocycles. The molecule has 1 fully saturated rings. The highest BCUT2D eigenvalue weighted by Crippen LogP contribution is 2.13. The van der Waals surface area contributed by atoms with Crippen LogP contribution in [0.1, 0.15) is 28.4 Å². The fourth-order valence-electron chi connectivity index (χ4n) is 2.44. The Bertz CT molecular complexity index is 511. The first-order chi connectivity index (χ1) is 8.99. The van der Waals surface area contributed by atoms with Crippen molar-refractivity contribution in [1.29, 1.82) is 0 Å². The third kappa shape index (κ3) is 3.01. The number of hydrogen-bond donors (Lipinski definition) is 1. The lowest BCUT2D eigenvalue weighted by Gasteiger charge is -2.32. The summed E-state index contributed by atoms with van der Waals surface area (Å²) in [6.07, 6.45) is 0. The fraction of sp³-hybridized carbons (Fsp3) is 0.467. The summed E-state index contributed by atoms with van der Waals surface area (Å²) in [6.45, 7) is 7.44. The second-order valence-electron chi connectivity index (χ2n) is 5.18. The van der Waals surface area contributed by atoms with Crippen molar-refractivity contribution in [2.24, 2.45) is 0 Å². The van der Waals surface area contributed by atoms with Gasteiger partial charge in [-0.25, -0.2) is 0 Å².